The summed E-state index contributed by atoms with van der Waals surface area (Å²) in [6, 6.07) is 12.1. The first-order valence-corrected chi connectivity index (χ1v) is 9.51. The van der Waals surface area contributed by atoms with E-state index in [-0.39, 0.29) is 43.9 Å². The van der Waals surface area contributed by atoms with Crippen LogP contribution in [0.25, 0.3) is 0 Å². The molecule has 0 spiro atoms. The number of rotatable bonds is 5. The molecule has 4 rings (SSSR count). The van der Waals surface area contributed by atoms with Gasteiger partial charge in [-0.1, -0.05) is 12.1 Å². The van der Waals surface area contributed by atoms with Crippen LogP contribution in [-0.2, 0) is 6.42 Å². The third-order valence-electron chi connectivity index (χ3n) is 5.54. The van der Waals surface area contributed by atoms with E-state index < -0.39 is 0 Å². The van der Waals surface area contributed by atoms with Gasteiger partial charge in [-0.15, -0.1) is 0 Å². The van der Waals surface area contributed by atoms with E-state index in [9.17, 15) is 10.2 Å². The Morgan fingerprint density at radius 3 is 2.59 bits per heavy atom. The smallest absolute Gasteiger partial charge is 0.231 e. The average Bonchev–Trinajstić information content (AvgIpc) is 3.13. The van der Waals surface area contributed by atoms with Crippen molar-refractivity contribution in [3.8, 4) is 17.2 Å². The predicted octanol–water partition coefficient (Wildman–Crippen LogP) is 3.11. The molecule has 5 heteroatoms. The maximum Gasteiger partial charge on any atom is 0.231 e. The van der Waals surface area contributed by atoms with Crippen LogP contribution in [0.3, 0.4) is 0 Å². The highest BCUT2D eigenvalue weighted by Crippen LogP contribution is 2.46. The minimum Gasteiger partial charge on any atom is -0.491 e. The fourth-order valence-corrected chi connectivity index (χ4v) is 4.32. The highest BCUT2D eigenvalue weighted by molar-refractivity contribution is 5.51. The van der Waals surface area contributed by atoms with Crippen LogP contribution in [0.2, 0.25) is 0 Å². The summed E-state index contributed by atoms with van der Waals surface area (Å²) >= 11 is 0. The Morgan fingerprint density at radius 1 is 1.04 bits per heavy atom. The van der Waals surface area contributed by atoms with Crippen molar-refractivity contribution >= 4 is 0 Å². The summed E-state index contributed by atoms with van der Waals surface area (Å²) in [5, 5.41) is 20.1. The van der Waals surface area contributed by atoms with Gasteiger partial charge >= 0.3 is 0 Å². The number of ether oxygens (including phenoxy) is 3. The third-order valence-corrected chi connectivity index (χ3v) is 5.54. The highest BCUT2D eigenvalue weighted by atomic mass is 16.7. The molecule has 0 bridgehead atoms. The van der Waals surface area contributed by atoms with E-state index >= 15 is 0 Å². The fourth-order valence-electron chi connectivity index (χ4n) is 4.32. The molecule has 2 aliphatic rings. The Morgan fingerprint density at radius 2 is 1.85 bits per heavy atom. The maximum absolute atomic E-state index is 10.2. The molecule has 0 aromatic heterocycles. The van der Waals surface area contributed by atoms with Gasteiger partial charge in [0.05, 0.1) is 6.10 Å². The van der Waals surface area contributed by atoms with Gasteiger partial charge in [-0.2, -0.15) is 0 Å². The molecule has 0 amide bonds. The Balaban J connectivity index is 1.81. The second kappa shape index (κ2) is 7.41. The molecule has 3 atom stereocenters. The highest BCUT2D eigenvalue weighted by Gasteiger charge is 2.37. The van der Waals surface area contributed by atoms with Gasteiger partial charge in [0.25, 0.3) is 0 Å². The summed E-state index contributed by atoms with van der Waals surface area (Å²) in [5.41, 5.74) is 3.40. The maximum atomic E-state index is 10.2. The molecule has 0 unspecified atom stereocenters. The lowest BCUT2D eigenvalue weighted by atomic mass is 9.67. The topological polar surface area (TPSA) is 68.2 Å². The predicted molar refractivity (Wildman–Crippen MR) is 101 cm³/mol. The zero-order chi connectivity index (χ0) is 19.0. The minimum absolute atomic E-state index is 0.00906. The van der Waals surface area contributed by atoms with E-state index in [1.165, 1.54) is 5.56 Å². The van der Waals surface area contributed by atoms with Crippen molar-refractivity contribution in [3.05, 3.63) is 53.1 Å². The van der Waals surface area contributed by atoms with Crippen LogP contribution in [0.5, 0.6) is 17.2 Å². The fraction of sp³-hybridized carbons (Fsp3) is 0.455. The zero-order valence-corrected chi connectivity index (χ0v) is 15.7. The molecule has 0 saturated carbocycles. The van der Waals surface area contributed by atoms with Gasteiger partial charge in [-0.05, 0) is 73.1 Å². The van der Waals surface area contributed by atoms with Gasteiger partial charge in [-0.3, -0.25) is 0 Å². The Hall–Kier alpha value is -2.24. The van der Waals surface area contributed by atoms with Gasteiger partial charge in [0.1, 0.15) is 5.75 Å². The van der Waals surface area contributed by atoms with E-state index in [0.29, 0.717) is 0 Å². The van der Waals surface area contributed by atoms with Gasteiger partial charge in [0.15, 0.2) is 11.5 Å². The Bertz CT molecular complexity index is 816. The summed E-state index contributed by atoms with van der Waals surface area (Å²) in [6.45, 7) is 4.31. The van der Waals surface area contributed by atoms with Crippen molar-refractivity contribution in [1.29, 1.82) is 0 Å². The molecular weight excluding hydrogens is 344 g/mol. The summed E-state index contributed by atoms with van der Waals surface area (Å²) < 4.78 is 16.9. The monoisotopic (exact) mass is 370 g/mol. The third kappa shape index (κ3) is 3.37. The molecule has 2 aromatic rings. The summed E-state index contributed by atoms with van der Waals surface area (Å²) in [4.78, 5) is 0. The van der Waals surface area contributed by atoms with Crippen molar-refractivity contribution in [2.45, 2.75) is 32.3 Å². The lowest BCUT2D eigenvalue weighted by Crippen LogP contribution is -2.35. The van der Waals surface area contributed by atoms with E-state index in [1.54, 1.807) is 0 Å². The molecular formula is C22H26O5. The minimum atomic E-state index is -0.0721. The number of fused-ring (bicyclic) bond motifs is 2. The molecule has 2 N–H and O–H groups in total. The number of hydrogen-bond donors (Lipinski definition) is 2. The lowest BCUT2D eigenvalue weighted by molar-refractivity contribution is 0.101. The Labute approximate surface area is 159 Å². The van der Waals surface area contributed by atoms with E-state index in [4.69, 9.17) is 14.2 Å². The molecule has 5 nitrogen and oxygen atoms in total. The SMILES string of the molecule is CC(C)Oc1ccc2c(c1)[C@@H](c1ccc3c(c1)OCO3)[C@H](CO)[C@@H](CO)C2. The number of aliphatic hydroxyl groups is 2. The molecule has 0 fully saturated rings. The number of benzene rings is 2. The molecule has 1 aliphatic heterocycles. The van der Waals surface area contributed by atoms with Crippen LogP contribution >= 0.6 is 0 Å². The van der Waals surface area contributed by atoms with E-state index in [1.807, 2.05) is 38.1 Å². The standard InChI is InChI=1S/C22H26O5/c1-13(2)27-17-5-3-14-7-16(10-23)19(11-24)22(18(14)9-17)15-4-6-20-21(8-15)26-12-25-20/h3-6,8-9,13,16,19,22-24H,7,10-12H2,1-2H3/t16-,19-,22-/m1/s1. The largest absolute Gasteiger partial charge is 0.491 e. The van der Waals surface area contributed by atoms with Gasteiger partial charge in [0.2, 0.25) is 6.79 Å². The van der Waals surface area contributed by atoms with Crippen molar-refractivity contribution in [3.63, 3.8) is 0 Å². The van der Waals surface area contributed by atoms with Gasteiger partial charge < -0.3 is 24.4 Å². The van der Waals surface area contributed by atoms with Crippen LogP contribution in [0, 0.1) is 11.8 Å². The molecule has 27 heavy (non-hydrogen) atoms. The first-order chi connectivity index (χ1) is 13.1. The first-order valence-electron chi connectivity index (χ1n) is 9.51. The normalized spacial score (nSPS) is 23.4. The average molecular weight is 370 g/mol. The van der Waals surface area contributed by atoms with Crippen molar-refractivity contribution in [1.82, 2.24) is 0 Å². The van der Waals surface area contributed by atoms with E-state index in [2.05, 4.69) is 12.1 Å². The summed E-state index contributed by atoms with van der Waals surface area (Å²) in [5.74, 6) is 2.19. The van der Waals surface area contributed by atoms with Crippen LogP contribution in [0.1, 0.15) is 36.5 Å². The van der Waals surface area contributed by atoms with Crippen molar-refractivity contribution in [2.75, 3.05) is 20.0 Å². The molecule has 1 heterocycles. The van der Waals surface area contributed by atoms with Crippen molar-refractivity contribution < 1.29 is 24.4 Å². The number of aliphatic hydroxyl groups excluding tert-OH is 2. The summed E-state index contributed by atoms with van der Waals surface area (Å²) in [7, 11) is 0. The quantitative estimate of drug-likeness (QED) is 0.846. The van der Waals surface area contributed by atoms with Crippen LogP contribution in [-0.4, -0.2) is 36.3 Å². The van der Waals surface area contributed by atoms with Crippen LogP contribution in [0.4, 0.5) is 0 Å². The van der Waals surface area contributed by atoms with Gasteiger partial charge in [-0.25, -0.2) is 0 Å². The van der Waals surface area contributed by atoms with Crippen LogP contribution in [0.15, 0.2) is 36.4 Å². The van der Waals surface area contributed by atoms with Crippen molar-refractivity contribution in [2.24, 2.45) is 11.8 Å². The molecule has 1 aliphatic carbocycles. The molecule has 2 aromatic carbocycles. The van der Waals surface area contributed by atoms with E-state index in [0.717, 1.165) is 34.8 Å². The number of hydrogen-bond acceptors (Lipinski definition) is 5. The van der Waals surface area contributed by atoms with Crippen LogP contribution < -0.4 is 14.2 Å². The first kappa shape index (κ1) is 18.1. The second-order valence-corrected chi connectivity index (χ2v) is 7.61. The Kier molecular flexibility index (Phi) is 4.98. The summed E-state index contributed by atoms with van der Waals surface area (Å²) in [6.07, 6.45) is 0.842. The zero-order valence-electron chi connectivity index (χ0n) is 15.7. The van der Waals surface area contributed by atoms with Gasteiger partial charge in [0, 0.05) is 19.1 Å². The molecule has 0 saturated heterocycles. The molecule has 144 valence electrons. The lowest BCUT2D eigenvalue weighted by Gasteiger charge is -2.38. The second-order valence-electron chi connectivity index (χ2n) is 7.61. The molecule has 0 radical (unpaired) electrons.